The molecule has 2 aromatic carbocycles. The van der Waals surface area contributed by atoms with Crippen LogP contribution in [0.2, 0.25) is 0 Å². The first-order valence-electron chi connectivity index (χ1n) is 9.21. The lowest BCUT2D eigenvalue weighted by atomic mass is 9.87. The number of rotatable bonds is 3. The number of hydrogen-bond acceptors (Lipinski definition) is 2. The van der Waals surface area contributed by atoms with Gasteiger partial charge in [0.25, 0.3) is 11.8 Å². The van der Waals surface area contributed by atoms with E-state index >= 15 is 0 Å². The largest absolute Gasteiger partial charge is 0.317 e. The van der Waals surface area contributed by atoms with Gasteiger partial charge < -0.3 is 10.2 Å². The van der Waals surface area contributed by atoms with Gasteiger partial charge in [-0.2, -0.15) is 0 Å². The zero-order valence-corrected chi connectivity index (χ0v) is 16.5. The lowest BCUT2D eigenvalue weighted by Crippen LogP contribution is -2.36. The Labute approximate surface area is 160 Å². The zero-order valence-electron chi connectivity index (χ0n) is 16.5. The summed E-state index contributed by atoms with van der Waals surface area (Å²) >= 11 is 0. The molecule has 140 valence electrons. The quantitative estimate of drug-likeness (QED) is 0.878. The predicted octanol–water partition coefficient (Wildman–Crippen LogP) is 4.42. The van der Waals surface area contributed by atoms with E-state index in [1.165, 1.54) is 0 Å². The molecule has 1 aliphatic heterocycles. The van der Waals surface area contributed by atoms with Crippen molar-refractivity contribution in [3.8, 4) is 0 Å². The zero-order chi connectivity index (χ0) is 19.8. The highest BCUT2D eigenvalue weighted by Crippen LogP contribution is 2.30. The van der Waals surface area contributed by atoms with Crippen LogP contribution >= 0.6 is 0 Å². The lowest BCUT2D eigenvalue weighted by Gasteiger charge is -2.23. The molecule has 0 saturated carbocycles. The Morgan fingerprint density at radius 2 is 1.59 bits per heavy atom. The van der Waals surface area contributed by atoms with E-state index in [-0.39, 0.29) is 23.3 Å². The molecular formula is C23H26N2O2. The Kier molecular flexibility index (Phi) is 4.92. The molecule has 0 fully saturated rings. The second-order valence-corrected chi connectivity index (χ2v) is 8.03. The van der Waals surface area contributed by atoms with Crippen LogP contribution in [0.5, 0.6) is 0 Å². The highest BCUT2D eigenvalue weighted by Gasteiger charge is 2.36. The summed E-state index contributed by atoms with van der Waals surface area (Å²) in [7, 11) is 0. The average molecular weight is 362 g/mol. The maximum absolute atomic E-state index is 12.9. The van der Waals surface area contributed by atoms with Crippen LogP contribution in [-0.4, -0.2) is 17.9 Å². The van der Waals surface area contributed by atoms with Crippen molar-refractivity contribution >= 4 is 17.5 Å². The van der Waals surface area contributed by atoms with Crippen LogP contribution in [0.4, 0.5) is 5.69 Å². The molecule has 0 radical (unpaired) electrons. The molecule has 2 aromatic rings. The summed E-state index contributed by atoms with van der Waals surface area (Å²) in [6.45, 7) is 10.3. The van der Waals surface area contributed by atoms with Crippen LogP contribution in [0.3, 0.4) is 0 Å². The predicted molar refractivity (Wildman–Crippen MR) is 109 cm³/mol. The van der Waals surface area contributed by atoms with Crippen LogP contribution in [-0.2, 0) is 10.2 Å². The normalized spacial score (nSPS) is 17.4. The lowest BCUT2D eigenvalue weighted by molar-refractivity contribution is -0.115. The summed E-state index contributed by atoms with van der Waals surface area (Å²) in [6, 6.07) is 17.0. The van der Waals surface area contributed by atoms with E-state index in [9.17, 15) is 9.59 Å². The molecular weight excluding hydrogens is 336 g/mol. The second kappa shape index (κ2) is 7.03. The number of anilines is 1. The first-order chi connectivity index (χ1) is 12.7. The Balaban J connectivity index is 1.80. The molecule has 2 amide bonds. The third-order valence-electron chi connectivity index (χ3n) is 5.13. The molecule has 1 aliphatic rings. The fraction of sp³-hybridized carbons (Fsp3) is 0.304. The van der Waals surface area contributed by atoms with Gasteiger partial charge in [0.05, 0.1) is 6.04 Å². The number of amides is 2. The highest BCUT2D eigenvalue weighted by atomic mass is 16.2. The Morgan fingerprint density at radius 1 is 1.00 bits per heavy atom. The number of para-hydroxylation sites is 1. The van der Waals surface area contributed by atoms with Gasteiger partial charge in [-0.05, 0) is 54.7 Å². The molecule has 1 heterocycles. The third kappa shape index (κ3) is 3.65. The van der Waals surface area contributed by atoms with Crippen molar-refractivity contribution in [2.45, 2.75) is 46.1 Å². The standard InChI is InChI=1S/C23H26N2O2/c1-15-16(2)25(19-9-7-6-8-10-19)22(27)20(15)24-21(26)17-11-13-18(14-12-17)23(3,4)5/h6-14,16H,1-5H3,(H,24,26). The fourth-order valence-electron chi connectivity index (χ4n) is 3.26. The second-order valence-electron chi connectivity index (χ2n) is 8.03. The third-order valence-corrected chi connectivity index (χ3v) is 5.13. The van der Waals surface area contributed by atoms with Crippen LogP contribution < -0.4 is 10.2 Å². The minimum Gasteiger partial charge on any atom is -0.317 e. The van der Waals surface area contributed by atoms with E-state index in [1.807, 2.05) is 68.4 Å². The molecule has 1 atom stereocenters. The molecule has 3 rings (SSSR count). The molecule has 1 unspecified atom stereocenters. The minimum atomic E-state index is -0.264. The van der Waals surface area contributed by atoms with E-state index in [1.54, 1.807) is 4.90 Å². The van der Waals surface area contributed by atoms with Crippen molar-refractivity contribution in [2.24, 2.45) is 0 Å². The Bertz CT molecular complexity index is 890. The Morgan fingerprint density at radius 3 is 2.15 bits per heavy atom. The molecule has 0 spiro atoms. The van der Waals surface area contributed by atoms with Gasteiger partial charge in [-0.15, -0.1) is 0 Å². The van der Waals surface area contributed by atoms with Gasteiger partial charge in [-0.3, -0.25) is 9.59 Å². The summed E-state index contributed by atoms with van der Waals surface area (Å²) in [5.74, 6) is -0.439. The first-order valence-corrected chi connectivity index (χ1v) is 9.21. The maximum Gasteiger partial charge on any atom is 0.275 e. The highest BCUT2D eigenvalue weighted by molar-refractivity contribution is 6.13. The van der Waals surface area contributed by atoms with Gasteiger partial charge in [0, 0.05) is 11.3 Å². The van der Waals surface area contributed by atoms with E-state index < -0.39 is 0 Å². The van der Waals surface area contributed by atoms with Gasteiger partial charge in [0.15, 0.2) is 0 Å². The number of nitrogens with one attached hydrogen (secondary N) is 1. The molecule has 0 bridgehead atoms. The maximum atomic E-state index is 12.9. The van der Waals surface area contributed by atoms with Crippen molar-refractivity contribution in [2.75, 3.05) is 4.90 Å². The van der Waals surface area contributed by atoms with Crippen molar-refractivity contribution in [3.63, 3.8) is 0 Å². The van der Waals surface area contributed by atoms with Gasteiger partial charge >= 0.3 is 0 Å². The summed E-state index contributed by atoms with van der Waals surface area (Å²) in [5, 5.41) is 2.83. The van der Waals surface area contributed by atoms with E-state index in [4.69, 9.17) is 0 Å². The molecule has 4 heteroatoms. The topological polar surface area (TPSA) is 49.4 Å². The molecule has 1 N–H and O–H groups in total. The van der Waals surface area contributed by atoms with E-state index in [0.29, 0.717) is 11.3 Å². The molecule has 27 heavy (non-hydrogen) atoms. The SMILES string of the molecule is CC1=C(NC(=O)c2ccc(C(C)(C)C)cc2)C(=O)N(c2ccccc2)C1C. The molecule has 4 nitrogen and oxygen atoms in total. The van der Waals surface area contributed by atoms with Crippen molar-refractivity contribution < 1.29 is 9.59 Å². The van der Waals surface area contributed by atoms with Crippen LogP contribution in [0.25, 0.3) is 0 Å². The van der Waals surface area contributed by atoms with Gasteiger partial charge in [0.1, 0.15) is 5.70 Å². The van der Waals surface area contributed by atoms with Gasteiger partial charge in [0.2, 0.25) is 0 Å². The van der Waals surface area contributed by atoms with E-state index in [2.05, 4.69) is 26.1 Å². The summed E-state index contributed by atoms with van der Waals surface area (Å²) < 4.78 is 0. The number of carbonyl (C=O) groups excluding carboxylic acids is 2. The number of carbonyl (C=O) groups is 2. The van der Waals surface area contributed by atoms with Gasteiger partial charge in [-0.25, -0.2) is 0 Å². The molecule has 0 saturated heterocycles. The van der Waals surface area contributed by atoms with Crippen molar-refractivity contribution in [1.29, 1.82) is 0 Å². The molecule has 0 aliphatic carbocycles. The molecule has 0 aromatic heterocycles. The van der Waals surface area contributed by atoms with Crippen molar-refractivity contribution in [3.05, 3.63) is 77.0 Å². The van der Waals surface area contributed by atoms with Gasteiger partial charge in [-0.1, -0.05) is 51.1 Å². The minimum absolute atomic E-state index is 0.0289. The number of hydrogen-bond donors (Lipinski definition) is 1. The average Bonchev–Trinajstić information content (AvgIpc) is 2.85. The summed E-state index contributed by atoms with van der Waals surface area (Å²) in [6.07, 6.45) is 0. The number of nitrogens with zero attached hydrogens (tertiary/aromatic N) is 1. The smallest absolute Gasteiger partial charge is 0.275 e. The summed E-state index contributed by atoms with van der Waals surface area (Å²) in [5.41, 5.74) is 3.80. The van der Waals surface area contributed by atoms with Crippen LogP contribution in [0.15, 0.2) is 65.9 Å². The van der Waals surface area contributed by atoms with Crippen LogP contribution in [0, 0.1) is 0 Å². The summed E-state index contributed by atoms with van der Waals surface area (Å²) in [4.78, 5) is 27.3. The van der Waals surface area contributed by atoms with E-state index in [0.717, 1.165) is 16.8 Å². The Hall–Kier alpha value is -2.88. The first kappa shape index (κ1) is 18.9. The monoisotopic (exact) mass is 362 g/mol. The number of benzene rings is 2. The van der Waals surface area contributed by atoms with Crippen LogP contribution in [0.1, 0.15) is 50.5 Å². The van der Waals surface area contributed by atoms with Crippen molar-refractivity contribution in [1.82, 2.24) is 5.32 Å². The fourth-order valence-corrected chi connectivity index (χ4v) is 3.26.